The van der Waals surface area contributed by atoms with Crippen LogP contribution in [-0.2, 0) is 27.1 Å². The molecule has 0 spiro atoms. The fraction of sp³-hybridized carbons (Fsp3) is 0.323. The van der Waals surface area contributed by atoms with E-state index in [0.29, 0.717) is 0 Å². The largest absolute Gasteiger partial charge is 0.311 e. The Morgan fingerprint density at radius 2 is 0.862 bits per heavy atom. The van der Waals surface area contributed by atoms with Gasteiger partial charge in [0.2, 0.25) is 0 Å². The fourth-order valence-corrected chi connectivity index (χ4v) is 12.0. The molecule has 0 atom stereocenters. The van der Waals surface area contributed by atoms with Crippen LogP contribution in [0.15, 0.2) is 146 Å². The molecule has 11 rings (SSSR count). The summed E-state index contributed by atoms with van der Waals surface area (Å²) in [6.45, 7) is 27.0. The highest BCUT2D eigenvalue weighted by Crippen LogP contribution is 2.53. The number of fused-ring (bicyclic) bond motifs is 6. The highest BCUT2D eigenvalue weighted by atomic mass is 15.2. The van der Waals surface area contributed by atoms with Gasteiger partial charge in [0.15, 0.2) is 0 Å². The third-order valence-corrected chi connectivity index (χ3v) is 16.3. The van der Waals surface area contributed by atoms with Crippen molar-refractivity contribution in [2.24, 2.45) is 0 Å². The first-order chi connectivity index (χ1) is 30.8. The topological polar surface area (TPSA) is 6.48 Å². The summed E-state index contributed by atoms with van der Waals surface area (Å²) < 4.78 is 0. The average molecular weight is 849 g/mol. The Kier molecular flexibility index (Phi) is 9.25. The van der Waals surface area contributed by atoms with Gasteiger partial charge in [-0.1, -0.05) is 173 Å². The lowest BCUT2D eigenvalue weighted by Gasteiger charge is -2.48. The van der Waals surface area contributed by atoms with Crippen molar-refractivity contribution in [2.75, 3.05) is 9.80 Å². The van der Waals surface area contributed by atoms with Crippen molar-refractivity contribution in [2.45, 2.75) is 129 Å². The maximum atomic E-state index is 2.71. The van der Waals surface area contributed by atoms with Crippen LogP contribution in [0.5, 0.6) is 0 Å². The van der Waals surface area contributed by atoms with Gasteiger partial charge < -0.3 is 9.80 Å². The number of hydrogen-bond donors (Lipinski definition) is 0. The minimum absolute atomic E-state index is 0.0350. The summed E-state index contributed by atoms with van der Waals surface area (Å²) in [6, 6.07) is 56.4. The minimum atomic E-state index is -0.111. The van der Waals surface area contributed by atoms with E-state index in [1.165, 1.54) is 126 Å². The number of nitrogens with zero attached hydrogens (tertiary/aromatic N) is 2. The zero-order valence-electron chi connectivity index (χ0n) is 40.7. The van der Waals surface area contributed by atoms with E-state index in [-0.39, 0.29) is 33.8 Å². The molecule has 7 aromatic rings. The van der Waals surface area contributed by atoms with Crippen molar-refractivity contribution >= 4 is 57.2 Å². The third-order valence-electron chi connectivity index (χ3n) is 16.3. The molecule has 2 nitrogen and oxygen atoms in total. The Balaban J connectivity index is 1.27. The van der Waals surface area contributed by atoms with Crippen LogP contribution < -0.4 is 26.2 Å². The first kappa shape index (κ1) is 41.9. The summed E-state index contributed by atoms with van der Waals surface area (Å²) in [4.78, 5) is 5.32. The molecule has 0 aromatic heterocycles. The van der Waals surface area contributed by atoms with Crippen molar-refractivity contribution in [3.8, 4) is 22.3 Å². The van der Waals surface area contributed by atoms with Crippen molar-refractivity contribution in [3.63, 3.8) is 0 Å². The molecule has 0 unspecified atom stereocenters. The highest BCUT2D eigenvalue weighted by Gasteiger charge is 2.47. The molecular formula is C62H65BN2. The van der Waals surface area contributed by atoms with Crippen LogP contribution >= 0.6 is 0 Å². The number of hydrogen-bond acceptors (Lipinski definition) is 2. The monoisotopic (exact) mass is 849 g/mol. The maximum absolute atomic E-state index is 2.71. The molecule has 0 bridgehead atoms. The van der Waals surface area contributed by atoms with Gasteiger partial charge in [-0.15, -0.1) is 0 Å². The average Bonchev–Trinajstić information content (AvgIpc) is 3.29. The summed E-state index contributed by atoms with van der Waals surface area (Å²) in [5.74, 6) is 0. The first-order valence-electron chi connectivity index (χ1n) is 24.3. The van der Waals surface area contributed by atoms with E-state index in [4.69, 9.17) is 0 Å². The Labute approximate surface area is 389 Å². The molecule has 2 aliphatic heterocycles. The summed E-state index contributed by atoms with van der Waals surface area (Å²) in [5, 5.41) is 0. The lowest BCUT2D eigenvalue weighted by molar-refractivity contribution is 0.332. The summed E-state index contributed by atoms with van der Waals surface area (Å²) in [7, 11) is 0. The zero-order chi connectivity index (χ0) is 45.4. The Bertz CT molecular complexity index is 3040. The van der Waals surface area contributed by atoms with Crippen LogP contribution in [0.1, 0.15) is 130 Å². The number of benzene rings is 7. The van der Waals surface area contributed by atoms with Crippen molar-refractivity contribution in [1.82, 2.24) is 0 Å². The second-order valence-electron chi connectivity index (χ2n) is 23.6. The van der Waals surface area contributed by atoms with E-state index in [2.05, 4.69) is 232 Å². The van der Waals surface area contributed by atoms with E-state index in [0.717, 1.165) is 0 Å². The number of rotatable bonds is 4. The first-order valence-corrected chi connectivity index (χ1v) is 24.3. The summed E-state index contributed by atoms with van der Waals surface area (Å²) in [5.41, 5.74) is 24.2. The van der Waals surface area contributed by atoms with E-state index < -0.39 is 0 Å². The van der Waals surface area contributed by atoms with E-state index in [9.17, 15) is 0 Å². The molecule has 0 amide bonds. The SMILES string of the molecule is CC(C)(C)c1cc2c3c(c1)N(c1ccc4c(c1)C(C)(C)CCC4(C)C)c1cc4c(cc1B3c1ccc(-c3ccccc3)cc1N2c1cccc(-c2ccccc2)c1)C(C)(C)CCC4(C)C. The molecule has 0 fully saturated rings. The Morgan fingerprint density at radius 1 is 0.385 bits per heavy atom. The van der Waals surface area contributed by atoms with E-state index in [1.807, 2.05) is 0 Å². The fourth-order valence-electron chi connectivity index (χ4n) is 12.0. The predicted molar refractivity (Wildman–Crippen MR) is 281 cm³/mol. The van der Waals surface area contributed by atoms with Gasteiger partial charge in [0.1, 0.15) is 0 Å². The highest BCUT2D eigenvalue weighted by molar-refractivity contribution is 7.00. The van der Waals surface area contributed by atoms with Crippen molar-refractivity contribution in [3.05, 3.63) is 173 Å². The van der Waals surface area contributed by atoms with Crippen LogP contribution in [0.4, 0.5) is 34.1 Å². The molecule has 326 valence electrons. The molecule has 65 heavy (non-hydrogen) atoms. The van der Waals surface area contributed by atoms with Gasteiger partial charge in [0.05, 0.1) is 0 Å². The van der Waals surface area contributed by atoms with Gasteiger partial charge in [-0.25, -0.2) is 0 Å². The second-order valence-corrected chi connectivity index (χ2v) is 23.6. The van der Waals surface area contributed by atoms with Gasteiger partial charge >= 0.3 is 0 Å². The van der Waals surface area contributed by atoms with Gasteiger partial charge in [-0.05, 0) is 168 Å². The summed E-state index contributed by atoms with van der Waals surface area (Å²) in [6.07, 6.45) is 4.73. The van der Waals surface area contributed by atoms with E-state index >= 15 is 0 Å². The predicted octanol–water partition coefficient (Wildman–Crippen LogP) is 15.1. The second kappa shape index (κ2) is 14.4. The van der Waals surface area contributed by atoms with Crippen molar-refractivity contribution < 1.29 is 0 Å². The molecule has 2 aliphatic carbocycles. The van der Waals surface area contributed by atoms with Gasteiger partial charge in [-0.3, -0.25) is 0 Å². The molecule has 0 saturated heterocycles. The summed E-state index contributed by atoms with van der Waals surface area (Å²) >= 11 is 0. The van der Waals surface area contributed by atoms with Crippen LogP contribution in [0, 0.1) is 0 Å². The zero-order valence-corrected chi connectivity index (χ0v) is 40.7. The van der Waals surface area contributed by atoms with Crippen molar-refractivity contribution in [1.29, 1.82) is 0 Å². The molecular weight excluding hydrogens is 784 g/mol. The lowest BCUT2D eigenvalue weighted by atomic mass is 9.33. The molecule has 0 N–H and O–H groups in total. The van der Waals surface area contributed by atoms with Gasteiger partial charge in [-0.2, -0.15) is 0 Å². The van der Waals surface area contributed by atoms with Crippen LogP contribution in [-0.4, -0.2) is 6.71 Å². The van der Waals surface area contributed by atoms with Gasteiger partial charge in [0, 0.05) is 34.1 Å². The standard InChI is InChI=1S/C62H65BN2/c1-58(2,3)44-35-55-57-56(36-44)65(46-26-27-47-48(37-46)60(6,7)30-29-59(47,4)5)54-39-50-49(61(8,9)31-32-62(50,10)11)38-52(54)63(57)51-28-25-43(41-21-16-13-17-22-41)34-53(51)64(55)45-24-18-23-42(33-45)40-19-14-12-15-20-40/h12-28,33-39H,29-32H2,1-11H3. The van der Waals surface area contributed by atoms with Crippen LogP contribution in [0.25, 0.3) is 22.3 Å². The normalized spacial score (nSPS) is 18.2. The molecule has 7 aromatic carbocycles. The minimum Gasteiger partial charge on any atom is -0.311 e. The third kappa shape index (κ3) is 6.66. The van der Waals surface area contributed by atoms with Gasteiger partial charge in [0.25, 0.3) is 6.71 Å². The van der Waals surface area contributed by atoms with E-state index in [1.54, 1.807) is 0 Å². The molecule has 3 heteroatoms. The molecule has 0 saturated carbocycles. The number of anilines is 6. The molecule has 2 heterocycles. The lowest BCUT2D eigenvalue weighted by Crippen LogP contribution is -2.62. The Hall–Kier alpha value is -5.80. The Morgan fingerprint density at radius 3 is 1.43 bits per heavy atom. The van der Waals surface area contributed by atoms with Crippen LogP contribution in [0.3, 0.4) is 0 Å². The maximum Gasteiger partial charge on any atom is 0.252 e. The quantitative estimate of drug-likeness (QED) is 0.163. The smallest absolute Gasteiger partial charge is 0.252 e. The van der Waals surface area contributed by atoms with Crippen LogP contribution in [0.2, 0.25) is 0 Å². The molecule has 4 aliphatic rings. The molecule has 0 radical (unpaired) electrons.